The first-order chi connectivity index (χ1) is 4.88. The Morgan fingerprint density at radius 1 is 1.20 bits per heavy atom. The van der Waals surface area contributed by atoms with Crippen molar-refractivity contribution in [3.05, 3.63) is 0 Å². The maximum atomic E-state index is 5.67. The van der Waals surface area contributed by atoms with E-state index in [0.29, 0.717) is 6.10 Å². The van der Waals surface area contributed by atoms with Crippen LogP contribution in [0.15, 0.2) is 0 Å². The minimum absolute atomic E-state index is 0.642. The standard InChI is InChI=1S/C9H16O/c1-7-6-10-9-5-3-2-4-8(7)9/h7-9H,2-6H2,1H3/t7-,8+,9+/m0/s1. The SMILES string of the molecule is C[C@H]1CO[C@@H]2CCCC[C@H]12. The Bertz CT molecular complexity index is 120. The average Bonchev–Trinajstić information content (AvgIpc) is 2.34. The molecule has 0 amide bonds. The van der Waals surface area contributed by atoms with Gasteiger partial charge in [0.1, 0.15) is 0 Å². The topological polar surface area (TPSA) is 9.23 Å². The van der Waals surface area contributed by atoms with E-state index in [2.05, 4.69) is 6.92 Å². The van der Waals surface area contributed by atoms with Crippen LogP contribution in [0.25, 0.3) is 0 Å². The third-order valence-corrected chi connectivity index (χ3v) is 3.06. The first kappa shape index (κ1) is 6.66. The highest BCUT2D eigenvalue weighted by atomic mass is 16.5. The molecular weight excluding hydrogens is 124 g/mol. The van der Waals surface area contributed by atoms with Gasteiger partial charge in [0.05, 0.1) is 6.10 Å². The average molecular weight is 140 g/mol. The molecule has 1 saturated carbocycles. The van der Waals surface area contributed by atoms with Crippen LogP contribution in [0.3, 0.4) is 0 Å². The smallest absolute Gasteiger partial charge is 0.0606 e. The lowest BCUT2D eigenvalue weighted by molar-refractivity contribution is 0.0663. The van der Waals surface area contributed by atoms with Crippen LogP contribution in [0.4, 0.5) is 0 Å². The molecule has 1 saturated heterocycles. The number of rotatable bonds is 0. The molecule has 0 radical (unpaired) electrons. The molecule has 1 aliphatic carbocycles. The molecule has 0 aromatic rings. The van der Waals surface area contributed by atoms with Crippen LogP contribution in [0.2, 0.25) is 0 Å². The van der Waals surface area contributed by atoms with Crippen LogP contribution in [-0.4, -0.2) is 12.7 Å². The highest BCUT2D eigenvalue weighted by Gasteiger charge is 2.35. The quantitative estimate of drug-likeness (QED) is 0.501. The van der Waals surface area contributed by atoms with E-state index >= 15 is 0 Å². The maximum Gasteiger partial charge on any atom is 0.0606 e. The van der Waals surface area contributed by atoms with Crippen molar-refractivity contribution in [1.82, 2.24) is 0 Å². The van der Waals surface area contributed by atoms with Gasteiger partial charge in [0.15, 0.2) is 0 Å². The molecule has 58 valence electrons. The third kappa shape index (κ3) is 0.968. The van der Waals surface area contributed by atoms with Gasteiger partial charge in [0, 0.05) is 6.61 Å². The molecule has 1 aliphatic heterocycles. The Kier molecular flexibility index (Phi) is 1.69. The van der Waals surface area contributed by atoms with E-state index in [4.69, 9.17) is 4.74 Å². The summed E-state index contributed by atoms with van der Waals surface area (Å²) in [6.07, 6.45) is 6.23. The zero-order valence-electron chi connectivity index (χ0n) is 6.68. The second-order valence-corrected chi connectivity index (χ2v) is 3.80. The fraction of sp³-hybridized carbons (Fsp3) is 1.00. The van der Waals surface area contributed by atoms with E-state index in [1.54, 1.807) is 0 Å². The fourth-order valence-electron chi connectivity index (χ4n) is 2.38. The molecule has 10 heavy (non-hydrogen) atoms. The molecule has 3 atom stereocenters. The maximum absolute atomic E-state index is 5.67. The monoisotopic (exact) mass is 140 g/mol. The van der Waals surface area contributed by atoms with Crippen molar-refractivity contribution in [1.29, 1.82) is 0 Å². The van der Waals surface area contributed by atoms with Gasteiger partial charge < -0.3 is 4.74 Å². The molecule has 2 fully saturated rings. The predicted molar refractivity (Wildman–Crippen MR) is 40.9 cm³/mol. The molecule has 0 aromatic heterocycles. The minimum atomic E-state index is 0.642. The van der Waals surface area contributed by atoms with E-state index in [0.717, 1.165) is 18.4 Å². The second-order valence-electron chi connectivity index (χ2n) is 3.80. The summed E-state index contributed by atoms with van der Waals surface area (Å²) in [4.78, 5) is 0. The molecule has 0 aromatic carbocycles. The Balaban J connectivity index is 2.01. The first-order valence-electron chi connectivity index (χ1n) is 4.49. The van der Waals surface area contributed by atoms with Crippen LogP contribution in [0.5, 0.6) is 0 Å². The first-order valence-corrected chi connectivity index (χ1v) is 4.49. The van der Waals surface area contributed by atoms with Crippen molar-refractivity contribution in [3.63, 3.8) is 0 Å². The third-order valence-electron chi connectivity index (χ3n) is 3.06. The van der Waals surface area contributed by atoms with Gasteiger partial charge in [0.25, 0.3) is 0 Å². The summed E-state index contributed by atoms with van der Waals surface area (Å²) in [6.45, 7) is 3.35. The van der Waals surface area contributed by atoms with Gasteiger partial charge in [-0.05, 0) is 24.7 Å². The van der Waals surface area contributed by atoms with Crippen LogP contribution < -0.4 is 0 Å². The zero-order valence-corrected chi connectivity index (χ0v) is 6.68. The number of hydrogen-bond acceptors (Lipinski definition) is 1. The summed E-state index contributed by atoms with van der Waals surface area (Å²) in [5, 5.41) is 0. The van der Waals surface area contributed by atoms with E-state index in [1.807, 2.05) is 0 Å². The summed E-state index contributed by atoms with van der Waals surface area (Å²) >= 11 is 0. The molecule has 0 unspecified atom stereocenters. The van der Waals surface area contributed by atoms with E-state index in [1.165, 1.54) is 25.7 Å². The van der Waals surface area contributed by atoms with Gasteiger partial charge in [-0.1, -0.05) is 19.8 Å². The lowest BCUT2D eigenvalue weighted by Crippen LogP contribution is -2.22. The molecular formula is C9H16O. The molecule has 0 bridgehead atoms. The Morgan fingerprint density at radius 2 is 2.00 bits per heavy atom. The lowest BCUT2D eigenvalue weighted by atomic mass is 9.81. The summed E-state index contributed by atoms with van der Waals surface area (Å²) in [5.74, 6) is 1.75. The van der Waals surface area contributed by atoms with Gasteiger partial charge in [-0.25, -0.2) is 0 Å². The molecule has 0 N–H and O–H groups in total. The van der Waals surface area contributed by atoms with Gasteiger partial charge >= 0.3 is 0 Å². The Hall–Kier alpha value is -0.0400. The van der Waals surface area contributed by atoms with Crippen molar-refractivity contribution < 1.29 is 4.74 Å². The van der Waals surface area contributed by atoms with Crippen molar-refractivity contribution in [2.24, 2.45) is 11.8 Å². The molecule has 1 heteroatoms. The van der Waals surface area contributed by atoms with Crippen LogP contribution in [-0.2, 0) is 4.74 Å². The highest BCUT2D eigenvalue weighted by molar-refractivity contribution is 4.84. The van der Waals surface area contributed by atoms with Crippen LogP contribution in [0, 0.1) is 11.8 Å². The summed E-state index contributed by atoms with van der Waals surface area (Å²) < 4.78 is 5.67. The molecule has 1 heterocycles. The van der Waals surface area contributed by atoms with Crippen molar-refractivity contribution in [2.45, 2.75) is 38.7 Å². The van der Waals surface area contributed by atoms with Gasteiger partial charge in [0.2, 0.25) is 0 Å². The van der Waals surface area contributed by atoms with Gasteiger partial charge in [-0.15, -0.1) is 0 Å². The number of fused-ring (bicyclic) bond motifs is 1. The molecule has 2 rings (SSSR count). The second kappa shape index (κ2) is 2.54. The molecule has 0 spiro atoms. The number of ether oxygens (including phenoxy) is 1. The van der Waals surface area contributed by atoms with Gasteiger partial charge in [-0.2, -0.15) is 0 Å². The zero-order chi connectivity index (χ0) is 6.97. The lowest BCUT2D eigenvalue weighted by Gasteiger charge is -2.25. The van der Waals surface area contributed by atoms with Crippen molar-refractivity contribution >= 4 is 0 Å². The van der Waals surface area contributed by atoms with Crippen molar-refractivity contribution in [3.8, 4) is 0 Å². The largest absolute Gasteiger partial charge is 0.378 e. The van der Waals surface area contributed by atoms with Crippen molar-refractivity contribution in [2.75, 3.05) is 6.61 Å². The fourth-order valence-corrected chi connectivity index (χ4v) is 2.38. The normalized spacial score (nSPS) is 47.1. The number of hydrogen-bond donors (Lipinski definition) is 0. The minimum Gasteiger partial charge on any atom is -0.378 e. The molecule has 1 nitrogen and oxygen atoms in total. The Morgan fingerprint density at radius 3 is 2.80 bits per heavy atom. The molecule has 2 aliphatic rings. The Labute approximate surface area is 62.8 Å². The highest BCUT2D eigenvalue weighted by Crippen LogP contribution is 2.37. The summed E-state index contributed by atoms with van der Waals surface area (Å²) in [7, 11) is 0. The van der Waals surface area contributed by atoms with Crippen LogP contribution in [0.1, 0.15) is 32.6 Å². The van der Waals surface area contributed by atoms with E-state index in [-0.39, 0.29) is 0 Å². The summed E-state index contributed by atoms with van der Waals surface area (Å²) in [5.41, 5.74) is 0. The predicted octanol–water partition coefficient (Wildman–Crippen LogP) is 2.21. The van der Waals surface area contributed by atoms with E-state index in [9.17, 15) is 0 Å². The summed E-state index contributed by atoms with van der Waals surface area (Å²) in [6, 6.07) is 0. The van der Waals surface area contributed by atoms with E-state index < -0.39 is 0 Å². The van der Waals surface area contributed by atoms with Gasteiger partial charge in [-0.3, -0.25) is 0 Å². The van der Waals surface area contributed by atoms with Crippen LogP contribution >= 0.6 is 0 Å².